The van der Waals surface area contributed by atoms with Gasteiger partial charge in [-0.2, -0.15) is 4.80 Å². The SMILES string of the molecule is CC(C)(C)n1nnc(C2(C=O)CC2)n1. The van der Waals surface area contributed by atoms with Crippen LogP contribution in [-0.2, 0) is 15.7 Å². The summed E-state index contributed by atoms with van der Waals surface area (Å²) in [6.45, 7) is 6.00. The Balaban J connectivity index is 2.31. The number of carbonyl (C=O) groups excluding carboxylic acids is 1. The molecule has 0 aliphatic heterocycles. The lowest BCUT2D eigenvalue weighted by Gasteiger charge is -2.15. The third-order valence-electron chi connectivity index (χ3n) is 2.47. The Hall–Kier alpha value is -1.26. The number of aldehydes is 1. The van der Waals surface area contributed by atoms with E-state index in [1.807, 2.05) is 20.8 Å². The summed E-state index contributed by atoms with van der Waals surface area (Å²) in [5.41, 5.74) is -0.590. The van der Waals surface area contributed by atoms with Crippen molar-refractivity contribution in [2.75, 3.05) is 0 Å². The Kier molecular flexibility index (Phi) is 1.74. The molecule has 1 aliphatic rings. The zero-order chi connectivity index (χ0) is 10.4. The lowest BCUT2D eigenvalue weighted by molar-refractivity contribution is -0.110. The van der Waals surface area contributed by atoms with Gasteiger partial charge in [0, 0.05) is 0 Å². The molecule has 0 saturated heterocycles. The van der Waals surface area contributed by atoms with E-state index in [0.717, 1.165) is 19.1 Å². The normalized spacial score (nSPS) is 19.4. The van der Waals surface area contributed by atoms with Gasteiger partial charge in [-0.3, -0.25) is 0 Å². The second-order valence-electron chi connectivity index (χ2n) is 4.85. The van der Waals surface area contributed by atoms with Crippen LogP contribution >= 0.6 is 0 Å². The number of hydrogen-bond donors (Lipinski definition) is 0. The standard InChI is InChI=1S/C9H14N4O/c1-8(2,3)13-11-7(10-12-13)9(6-14)4-5-9/h6H,4-5H2,1-3H3. The number of nitrogens with zero attached hydrogens (tertiary/aromatic N) is 4. The van der Waals surface area contributed by atoms with Gasteiger partial charge >= 0.3 is 0 Å². The minimum Gasteiger partial charge on any atom is -0.302 e. The summed E-state index contributed by atoms with van der Waals surface area (Å²) >= 11 is 0. The van der Waals surface area contributed by atoms with Crippen molar-refractivity contribution in [3.05, 3.63) is 5.82 Å². The van der Waals surface area contributed by atoms with E-state index in [-0.39, 0.29) is 5.54 Å². The van der Waals surface area contributed by atoms with Gasteiger partial charge in [-0.1, -0.05) is 0 Å². The smallest absolute Gasteiger partial charge is 0.188 e. The third kappa shape index (κ3) is 1.32. The first-order valence-electron chi connectivity index (χ1n) is 4.75. The maximum absolute atomic E-state index is 10.8. The molecule has 0 aromatic carbocycles. The molecule has 1 aromatic rings. The number of rotatable bonds is 2. The number of tetrazole rings is 1. The first-order valence-corrected chi connectivity index (χ1v) is 4.75. The van der Waals surface area contributed by atoms with E-state index in [1.54, 1.807) is 4.80 Å². The Morgan fingerprint density at radius 1 is 1.43 bits per heavy atom. The highest BCUT2D eigenvalue weighted by Gasteiger charge is 2.48. The molecule has 1 heterocycles. The van der Waals surface area contributed by atoms with E-state index < -0.39 is 5.41 Å². The highest BCUT2D eigenvalue weighted by atomic mass is 16.1. The average molecular weight is 194 g/mol. The molecule has 0 bridgehead atoms. The molecule has 76 valence electrons. The highest BCUT2D eigenvalue weighted by Crippen LogP contribution is 2.44. The van der Waals surface area contributed by atoms with Crippen LogP contribution in [0.15, 0.2) is 0 Å². The van der Waals surface area contributed by atoms with Crippen molar-refractivity contribution in [2.24, 2.45) is 0 Å². The summed E-state index contributed by atoms with van der Waals surface area (Å²) in [6, 6.07) is 0. The minimum absolute atomic E-state index is 0.176. The molecule has 14 heavy (non-hydrogen) atoms. The predicted octanol–water partition coefficient (Wildman–Crippen LogP) is 0.659. The third-order valence-corrected chi connectivity index (χ3v) is 2.47. The van der Waals surface area contributed by atoms with Gasteiger partial charge in [0.05, 0.1) is 11.0 Å². The molecule has 0 N–H and O–H groups in total. The number of carbonyl (C=O) groups is 1. The average Bonchev–Trinajstić information content (AvgIpc) is 2.73. The summed E-state index contributed by atoms with van der Waals surface area (Å²) in [6.07, 6.45) is 2.65. The Morgan fingerprint density at radius 2 is 2.07 bits per heavy atom. The van der Waals surface area contributed by atoms with Crippen molar-refractivity contribution in [1.82, 2.24) is 20.2 Å². The van der Waals surface area contributed by atoms with Gasteiger partial charge in [-0.25, -0.2) is 0 Å². The first-order chi connectivity index (χ1) is 6.48. The Labute approximate surface area is 82.5 Å². The van der Waals surface area contributed by atoms with E-state index in [0.29, 0.717) is 5.82 Å². The molecule has 0 unspecified atom stereocenters. The summed E-state index contributed by atoms with van der Waals surface area (Å²) in [5.74, 6) is 0.572. The van der Waals surface area contributed by atoms with Crippen LogP contribution in [0.25, 0.3) is 0 Å². The fourth-order valence-electron chi connectivity index (χ4n) is 1.23. The largest absolute Gasteiger partial charge is 0.302 e. The van der Waals surface area contributed by atoms with Gasteiger partial charge in [-0.15, -0.1) is 10.2 Å². The summed E-state index contributed by atoms with van der Waals surface area (Å²) in [7, 11) is 0. The van der Waals surface area contributed by atoms with Crippen molar-refractivity contribution < 1.29 is 4.79 Å². The molecule has 1 aromatic heterocycles. The van der Waals surface area contributed by atoms with Gasteiger partial charge in [0.2, 0.25) is 0 Å². The van der Waals surface area contributed by atoms with E-state index in [1.165, 1.54) is 0 Å². The van der Waals surface area contributed by atoms with Crippen LogP contribution in [0.2, 0.25) is 0 Å². The first kappa shape index (κ1) is 9.30. The molecule has 1 fully saturated rings. The monoisotopic (exact) mass is 194 g/mol. The van der Waals surface area contributed by atoms with Crippen molar-refractivity contribution in [3.63, 3.8) is 0 Å². The lowest BCUT2D eigenvalue weighted by atomic mass is 10.1. The molecule has 5 nitrogen and oxygen atoms in total. The van der Waals surface area contributed by atoms with Crippen LogP contribution in [0.3, 0.4) is 0 Å². The van der Waals surface area contributed by atoms with E-state index >= 15 is 0 Å². The molecule has 0 atom stereocenters. The van der Waals surface area contributed by atoms with Crippen LogP contribution in [0.4, 0.5) is 0 Å². The molecular weight excluding hydrogens is 180 g/mol. The molecule has 0 radical (unpaired) electrons. The summed E-state index contributed by atoms with van der Waals surface area (Å²) in [4.78, 5) is 12.4. The zero-order valence-corrected chi connectivity index (χ0v) is 8.69. The van der Waals surface area contributed by atoms with E-state index in [4.69, 9.17) is 0 Å². The van der Waals surface area contributed by atoms with Crippen molar-refractivity contribution in [2.45, 2.75) is 44.6 Å². The maximum Gasteiger partial charge on any atom is 0.188 e. The van der Waals surface area contributed by atoms with Crippen molar-refractivity contribution in [1.29, 1.82) is 0 Å². The topological polar surface area (TPSA) is 60.7 Å². The Bertz CT molecular complexity index is 359. The van der Waals surface area contributed by atoms with Crippen LogP contribution in [-0.4, -0.2) is 26.5 Å². The fourth-order valence-corrected chi connectivity index (χ4v) is 1.23. The Morgan fingerprint density at radius 3 is 2.43 bits per heavy atom. The predicted molar refractivity (Wildman–Crippen MR) is 49.8 cm³/mol. The van der Waals surface area contributed by atoms with Crippen molar-refractivity contribution >= 4 is 6.29 Å². The molecular formula is C9H14N4O. The lowest BCUT2D eigenvalue weighted by Crippen LogP contribution is -2.25. The van der Waals surface area contributed by atoms with Gasteiger partial charge in [0.25, 0.3) is 0 Å². The van der Waals surface area contributed by atoms with Gasteiger partial charge in [0.15, 0.2) is 5.82 Å². The van der Waals surface area contributed by atoms with E-state index in [9.17, 15) is 4.79 Å². The van der Waals surface area contributed by atoms with Crippen LogP contribution in [0.1, 0.15) is 39.4 Å². The minimum atomic E-state index is -0.413. The van der Waals surface area contributed by atoms with Crippen molar-refractivity contribution in [3.8, 4) is 0 Å². The van der Waals surface area contributed by atoms with Crippen LogP contribution < -0.4 is 0 Å². The maximum atomic E-state index is 10.8. The van der Waals surface area contributed by atoms with Gasteiger partial charge in [0.1, 0.15) is 6.29 Å². The van der Waals surface area contributed by atoms with E-state index in [2.05, 4.69) is 15.4 Å². The summed E-state index contributed by atoms with van der Waals surface area (Å²) < 4.78 is 0. The van der Waals surface area contributed by atoms with Gasteiger partial charge < -0.3 is 4.79 Å². The fraction of sp³-hybridized carbons (Fsp3) is 0.778. The zero-order valence-electron chi connectivity index (χ0n) is 8.69. The molecule has 1 saturated carbocycles. The molecule has 2 rings (SSSR count). The van der Waals surface area contributed by atoms with Crippen LogP contribution in [0.5, 0.6) is 0 Å². The number of hydrogen-bond acceptors (Lipinski definition) is 4. The quantitative estimate of drug-likeness (QED) is 0.649. The summed E-state index contributed by atoms with van der Waals surface area (Å²) in [5, 5.41) is 12.1. The molecule has 5 heteroatoms. The molecule has 0 spiro atoms. The molecule has 0 amide bonds. The highest BCUT2D eigenvalue weighted by molar-refractivity contribution is 5.70. The van der Waals surface area contributed by atoms with Gasteiger partial charge in [-0.05, 0) is 38.8 Å². The number of aromatic nitrogens is 4. The van der Waals surface area contributed by atoms with Crippen LogP contribution in [0, 0.1) is 0 Å². The molecule has 1 aliphatic carbocycles. The second-order valence-corrected chi connectivity index (χ2v) is 4.85. The second kappa shape index (κ2) is 2.62.